The molecule has 1 aromatic carbocycles. The molecular weight excluding hydrogens is 410 g/mol. The number of nitrogens with zero attached hydrogens (tertiary/aromatic N) is 4. The average Bonchev–Trinajstić information content (AvgIpc) is 3.47. The van der Waals surface area contributed by atoms with Crippen molar-refractivity contribution >= 4 is 28.8 Å². The lowest BCUT2D eigenvalue weighted by Gasteiger charge is -2.19. The molecule has 3 aromatic heterocycles. The Morgan fingerprint density at radius 2 is 2.14 bits per heavy atom. The van der Waals surface area contributed by atoms with Gasteiger partial charge in [0, 0.05) is 37.3 Å². The summed E-state index contributed by atoms with van der Waals surface area (Å²) in [4.78, 5) is 22.3. The minimum absolute atomic E-state index is 0.135. The fourth-order valence-electron chi connectivity index (χ4n) is 2.92. The molecule has 29 heavy (non-hydrogen) atoms. The van der Waals surface area contributed by atoms with Crippen molar-refractivity contribution < 1.29 is 9.32 Å². The van der Waals surface area contributed by atoms with Gasteiger partial charge in [0.25, 0.3) is 0 Å². The number of imidazole rings is 1. The van der Waals surface area contributed by atoms with Crippen molar-refractivity contribution in [3.8, 4) is 10.7 Å². The number of benzene rings is 1. The van der Waals surface area contributed by atoms with Crippen molar-refractivity contribution in [2.75, 3.05) is 0 Å². The van der Waals surface area contributed by atoms with E-state index in [2.05, 4.69) is 20.4 Å². The van der Waals surface area contributed by atoms with E-state index in [1.165, 1.54) is 11.3 Å². The molecule has 4 rings (SSSR count). The number of halogens is 1. The number of carbonyl (C=O) groups is 1. The van der Waals surface area contributed by atoms with Crippen LogP contribution >= 0.6 is 22.9 Å². The maximum atomic E-state index is 12.6. The van der Waals surface area contributed by atoms with E-state index < -0.39 is 0 Å². The summed E-state index contributed by atoms with van der Waals surface area (Å²) in [5.41, 5.74) is 0.898. The van der Waals surface area contributed by atoms with Crippen molar-refractivity contribution in [1.82, 2.24) is 25.0 Å². The summed E-state index contributed by atoms with van der Waals surface area (Å²) in [5, 5.41) is 9.61. The Labute approximate surface area is 176 Å². The Balaban J connectivity index is 1.44. The van der Waals surface area contributed by atoms with Gasteiger partial charge in [-0.05, 0) is 29.1 Å². The molecule has 9 heteroatoms. The fraction of sp³-hybridized carbons (Fsp3) is 0.200. The van der Waals surface area contributed by atoms with Crippen LogP contribution in [0.25, 0.3) is 10.7 Å². The third-order valence-corrected chi connectivity index (χ3v) is 5.52. The van der Waals surface area contributed by atoms with Crippen LogP contribution in [0.1, 0.15) is 29.7 Å². The van der Waals surface area contributed by atoms with Gasteiger partial charge in [-0.25, -0.2) is 4.98 Å². The zero-order valence-electron chi connectivity index (χ0n) is 15.6. The Morgan fingerprint density at radius 1 is 1.31 bits per heavy atom. The molecule has 1 atom stereocenters. The van der Waals surface area contributed by atoms with Gasteiger partial charge in [0.2, 0.25) is 17.6 Å². The van der Waals surface area contributed by atoms with Crippen molar-refractivity contribution in [1.29, 1.82) is 0 Å². The van der Waals surface area contributed by atoms with Crippen molar-refractivity contribution in [2.45, 2.75) is 18.9 Å². The van der Waals surface area contributed by atoms with Crippen LogP contribution in [0.15, 0.2) is 58.7 Å². The highest BCUT2D eigenvalue weighted by Gasteiger charge is 2.21. The van der Waals surface area contributed by atoms with E-state index in [9.17, 15) is 4.79 Å². The third-order valence-electron chi connectivity index (χ3n) is 4.40. The molecule has 0 bridgehead atoms. The van der Waals surface area contributed by atoms with E-state index in [1.54, 1.807) is 18.3 Å². The van der Waals surface area contributed by atoms with Gasteiger partial charge in [-0.1, -0.05) is 35.0 Å². The minimum atomic E-state index is -0.385. The van der Waals surface area contributed by atoms with Crippen LogP contribution < -0.4 is 5.32 Å². The van der Waals surface area contributed by atoms with E-state index in [0.717, 1.165) is 16.3 Å². The molecule has 0 fully saturated rings. The molecule has 0 aliphatic rings. The second kappa shape index (κ2) is 8.59. The number of carbonyl (C=O) groups excluding carboxylic acids is 1. The van der Waals surface area contributed by atoms with E-state index in [-0.39, 0.29) is 18.4 Å². The van der Waals surface area contributed by atoms with E-state index in [0.29, 0.717) is 23.2 Å². The smallest absolute Gasteiger partial charge is 0.227 e. The standard InChI is InChI=1S/C20H18ClN5O2S/c1-26-11-10-22-20(26)18(13-4-6-14(21)7-5-13)23-16(27)8-9-17-24-19(25-28-17)15-3-2-12-29-15/h2-7,10-12,18H,8-9H2,1H3,(H,23,27). The van der Waals surface area contributed by atoms with Gasteiger partial charge in [-0.3, -0.25) is 4.79 Å². The summed E-state index contributed by atoms with van der Waals surface area (Å²) in [6.45, 7) is 0. The van der Waals surface area contributed by atoms with Gasteiger partial charge in [0.05, 0.1) is 4.88 Å². The number of amides is 1. The highest BCUT2D eigenvalue weighted by molar-refractivity contribution is 7.13. The number of rotatable bonds is 7. The highest BCUT2D eigenvalue weighted by Crippen LogP contribution is 2.23. The maximum absolute atomic E-state index is 12.6. The molecule has 0 aliphatic heterocycles. The van der Waals surface area contributed by atoms with Gasteiger partial charge >= 0.3 is 0 Å². The Bertz CT molecular complexity index is 1090. The van der Waals surface area contributed by atoms with Crippen LogP contribution in [-0.4, -0.2) is 25.6 Å². The van der Waals surface area contributed by atoms with Crippen molar-refractivity contribution in [2.24, 2.45) is 7.05 Å². The van der Waals surface area contributed by atoms with Crippen LogP contribution in [-0.2, 0) is 18.3 Å². The van der Waals surface area contributed by atoms with Gasteiger partial charge < -0.3 is 14.4 Å². The fourth-order valence-corrected chi connectivity index (χ4v) is 3.70. The molecule has 0 radical (unpaired) electrons. The number of nitrogens with one attached hydrogen (secondary N) is 1. The van der Waals surface area contributed by atoms with Gasteiger partial charge in [-0.15, -0.1) is 11.3 Å². The minimum Gasteiger partial charge on any atom is -0.342 e. The van der Waals surface area contributed by atoms with Crippen molar-refractivity contribution in [3.05, 3.63) is 76.5 Å². The topological polar surface area (TPSA) is 85.8 Å². The zero-order chi connectivity index (χ0) is 20.2. The average molecular weight is 428 g/mol. The summed E-state index contributed by atoms with van der Waals surface area (Å²) < 4.78 is 7.15. The lowest BCUT2D eigenvalue weighted by Crippen LogP contribution is -2.31. The molecule has 0 aliphatic carbocycles. The predicted molar refractivity (Wildman–Crippen MR) is 111 cm³/mol. The molecule has 0 saturated heterocycles. The molecule has 0 spiro atoms. The lowest BCUT2D eigenvalue weighted by atomic mass is 10.1. The van der Waals surface area contributed by atoms with Crippen LogP contribution in [0, 0.1) is 0 Å². The summed E-state index contributed by atoms with van der Waals surface area (Å²) in [7, 11) is 1.89. The molecule has 148 valence electrons. The number of thiophene rings is 1. The van der Waals surface area contributed by atoms with E-state index in [1.807, 2.05) is 47.5 Å². The van der Waals surface area contributed by atoms with Gasteiger partial charge in [0.15, 0.2) is 0 Å². The summed E-state index contributed by atoms with van der Waals surface area (Å²) in [6.07, 6.45) is 4.13. The normalized spacial score (nSPS) is 12.1. The molecule has 7 nitrogen and oxygen atoms in total. The second-order valence-electron chi connectivity index (χ2n) is 6.44. The molecular formula is C20H18ClN5O2S. The second-order valence-corrected chi connectivity index (χ2v) is 7.82. The maximum Gasteiger partial charge on any atom is 0.227 e. The first-order valence-electron chi connectivity index (χ1n) is 8.98. The third kappa shape index (κ3) is 4.55. The molecule has 1 unspecified atom stereocenters. The quantitative estimate of drug-likeness (QED) is 0.481. The molecule has 0 saturated carbocycles. The first-order chi connectivity index (χ1) is 14.1. The summed E-state index contributed by atoms with van der Waals surface area (Å²) >= 11 is 7.54. The van der Waals surface area contributed by atoms with Crippen LogP contribution in [0.5, 0.6) is 0 Å². The van der Waals surface area contributed by atoms with E-state index >= 15 is 0 Å². The SMILES string of the molecule is Cn1ccnc1C(NC(=O)CCc1nc(-c2cccs2)no1)c1ccc(Cl)cc1. The number of hydrogen-bond acceptors (Lipinski definition) is 6. The zero-order valence-corrected chi connectivity index (χ0v) is 17.2. The molecule has 1 amide bonds. The number of aromatic nitrogens is 4. The predicted octanol–water partition coefficient (Wildman–Crippen LogP) is 4.02. The van der Waals surface area contributed by atoms with Gasteiger partial charge in [0.1, 0.15) is 11.9 Å². The van der Waals surface area contributed by atoms with Crippen LogP contribution in [0.2, 0.25) is 5.02 Å². The molecule has 3 heterocycles. The Kier molecular flexibility index (Phi) is 5.73. The largest absolute Gasteiger partial charge is 0.342 e. The molecule has 4 aromatic rings. The summed E-state index contributed by atoms with van der Waals surface area (Å²) in [6, 6.07) is 10.8. The Morgan fingerprint density at radius 3 is 2.83 bits per heavy atom. The van der Waals surface area contributed by atoms with E-state index in [4.69, 9.17) is 16.1 Å². The van der Waals surface area contributed by atoms with Gasteiger partial charge in [-0.2, -0.15) is 4.98 Å². The first kappa shape index (κ1) is 19.4. The van der Waals surface area contributed by atoms with Crippen molar-refractivity contribution in [3.63, 3.8) is 0 Å². The van der Waals surface area contributed by atoms with Crippen LogP contribution in [0.4, 0.5) is 0 Å². The highest BCUT2D eigenvalue weighted by atomic mass is 35.5. The Hall–Kier alpha value is -2.97. The monoisotopic (exact) mass is 427 g/mol. The lowest BCUT2D eigenvalue weighted by molar-refractivity contribution is -0.121. The number of hydrogen-bond donors (Lipinski definition) is 1. The van der Waals surface area contributed by atoms with Crippen LogP contribution in [0.3, 0.4) is 0 Å². The summed E-state index contributed by atoms with van der Waals surface area (Å²) in [5.74, 6) is 1.58. The first-order valence-corrected chi connectivity index (χ1v) is 10.2. The number of aryl methyl sites for hydroxylation is 2. The molecule has 1 N–H and O–H groups in total.